The number of aromatic nitrogens is 1. The SMILES string of the molecule is Cc1nc(CN2CCN(C(=O)C(C)C(C)N)CC2)oc1C. The van der Waals surface area contributed by atoms with E-state index in [1.165, 1.54) is 0 Å². The molecule has 1 aliphatic rings. The monoisotopic (exact) mass is 294 g/mol. The van der Waals surface area contributed by atoms with E-state index < -0.39 is 0 Å². The standard InChI is InChI=1S/C15H26N4O2/c1-10(11(2)16)15(20)19-7-5-18(6-8-19)9-14-17-12(3)13(4)21-14/h10-11H,5-9,16H2,1-4H3. The van der Waals surface area contributed by atoms with Gasteiger partial charge in [-0.2, -0.15) is 0 Å². The molecular weight excluding hydrogens is 268 g/mol. The second kappa shape index (κ2) is 6.58. The fourth-order valence-electron chi connectivity index (χ4n) is 2.44. The third-order valence-corrected chi connectivity index (χ3v) is 4.29. The van der Waals surface area contributed by atoms with Crippen molar-refractivity contribution in [3.05, 3.63) is 17.3 Å². The minimum absolute atomic E-state index is 0.103. The van der Waals surface area contributed by atoms with Gasteiger partial charge in [0.15, 0.2) is 0 Å². The molecule has 0 saturated carbocycles. The highest BCUT2D eigenvalue weighted by Gasteiger charge is 2.27. The van der Waals surface area contributed by atoms with E-state index in [-0.39, 0.29) is 17.9 Å². The molecule has 0 spiro atoms. The molecule has 0 aliphatic carbocycles. The van der Waals surface area contributed by atoms with Crippen LogP contribution >= 0.6 is 0 Å². The molecule has 1 aromatic heterocycles. The fraction of sp³-hybridized carbons (Fsp3) is 0.733. The van der Waals surface area contributed by atoms with E-state index in [2.05, 4.69) is 9.88 Å². The molecule has 2 heterocycles. The van der Waals surface area contributed by atoms with E-state index in [4.69, 9.17) is 10.2 Å². The summed E-state index contributed by atoms with van der Waals surface area (Å²) >= 11 is 0. The lowest BCUT2D eigenvalue weighted by atomic mass is 10.0. The van der Waals surface area contributed by atoms with Crippen molar-refractivity contribution in [3.8, 4) is 0 Å². The van der Waals surface area contributed by atoms with Gasteiger partial charge in [-0.05, 0) is 20.8 Å². The topological polar surface area (TPSA) is 75.6 Å². The van der Waals surface area contributed by atoms with Gasteiger partial charge in [0.25, 0.3) is 0 Å². The lowest BCUT2D eigenvalue weighted by Crippen LogP contribution is -2.51. The fourth-order valence-corrected chi connectivity index (χ4v) is 2.44. The molecule has 21 heavy (non-hydrogen) atoms. The van der Waals surface area contributed by atoms with Crippen molar-refractivity contribution in [1.82, 2.24) is 14.8 Å². The molecule has 1 aliphatic heterocycles. The summed E-state index contributed by atoms with van der Waals surface area (Å²) < 4.78 is 5.61. The molecule has 1 amide bonds. The molecule has 1 aromatic rings. The first-order valence-electron chi connectivity index (χ1n) is 7.58. The lowest BCUT2D eigenvalue weighted by Gasteiger charge is -2.35. The summed E-state index contributed by atoms with van der Waals surface area (Å²) in [6.07, 6.45) is 0. The van der Waals surface area contributed by atoms with E-state index in [1.807, 2.05) is 32.6 Å². The maximum absolute atomic E-state index is 12.2. The Bertz CT molecular complexity index is 470. The molecule has 0 radical (unpaired) electrons. The zero-order valence-corrected chi connectivity index (χ0v) is 13.4. The van der Waals surface area contributed by atoms with Crippen LogP contribution in [-0.4, -0.2) is 52.9 Å². The number of carbonyl (C=O) groups excluding carboxylic acids is 1. The third kappa shape index (κ3) is 3.83. The quantitative estimate of drug-likeness (QED) is 0.893. The van der Waals surface area contributed by atoms with Gasteiger partial charge in [0.2, 0.25) is 11.8 Å². The Balaban J connectivity index is 1.84. The molecule has 0 bridgehead atoms. The van der Waals surface area contributed by atoms with Gasteiger partial charge in [0, 0.05) is 32.2 Å². The Morgan fingerprint density at radius 3 is 2.38 bits per heavy atom. The number of piperazine rings is 1. The molecular formula is C15H26N4O2. The Morgan fingerprint density at radius 2 is 1.90 bits per heavy atom. The first-order chi connectivity index (χ1) is 9.88. The van der Waals surface area contributed by atoms with Crippen molar-refractivity contribution >= 4 is 5.91 Å². The average Bonchev–Trinajstić information content (AvgIpc) is 2.76. The molecule has 0 aromatic carbocycles. The summed E-state index contributed by atoms with van der Waals surface area (Å²) in [4.78, 5) is 20.8. The highest BCUT2D eigenvalue weighted by molar-refractivity contribution is 5.79. The predicted octanol–water partition coefficient (Wildman–Crippen LogP) is 0.919. The second-order valence-electron chi connectivity index (χ2n) is 6.00. The van der Waals surface area contributed by atoms with Crippen LogP contribution in [0.4, 0.5) is 0 Å². The first-order valence-corrected chi connectivity index (χ1v) is 7.58. The van der Waals surface area contributed by atoms with Gasteiger partial charge in [-0.25, -0.2) is 4.98 Å². The molecule has 118 valence electrons. The molecule has 6 nitrogen and oxygen atoms in total. The van der Waals surface area contributed by atoms with Crippen molar-refractivity contribution < 1.29 is 9.21 Å². The lowest BCUT2D eigenvalue weighted by molar-refractivity contribution is -0.137. The number of aryl methyl sites for hydroxylation is 2. The number of carbonyl (C=O) groups is 1. The number of hydrogen-bond acceptors (Lipinski definition) is 5. The smallest absolute Gasteiger partial charge is 0.227 e. The summed E-state index contributed by atoms with van der Waals surface area (Å²) in [5.74, 6) is 1.68. The molecule has 2 N–H and O–H groups in total. The van der Waals surface area contributed by atoms with Gasteiger partial charge in [-0.3, -0.25) is 9.69 Å². The highest BCUT2D eigenvalue weighted by Crippen LogP contribution is 2.14. The summed E-state index contributed by atoms with van der Waals surface area (Å²) in [6.45, 7) is 11.5. The van der Waals surface area contributed by atoms with Gasteiger partial charge in [0.1, 0.15) is 5.76 Å². The first kappa shape index (κ1) is 16.0. The molecule has 1 saturated heterocycles. The third-order valence-electron chi connectivity index (χ3n) is 4.29. The van der Waals surface area contributed by atoms with Crippen LogP contribution in [0.5, 0.6) is 0 Å². The second-order valence-corrected chi connectivity index (χ2v) is 6.00. The Labute approximate surface area is 126 Å². The minimum atomic E-state index is -0.117. The van der Waals surface area contributed by atoms with Crippen LogP contribution in [0.2, 0.25) is 0 Å². The summed E-state index contributed by atoms with van der Waals surface area (Å²) in [5, 5.41) is 0. The number of hydrogen-bond donors (Lipinski definition) is 1. The summed E-state index contributed by atoms with van der Waals surface area (Å²) in [5.41, 5.74) is 6.76. The van der Waals surface area contributed by atoms with Crippen molar-refractivity contribution in [3.63, 3.8) is 0 Å². The number of oxazole rings is 1. The zero-order valence-electron chi connectivity index (χ0n) is 13.4. The van der Waals surface area contributed by atoms with Crippen LogP contribution < -0.4 is 5.73 Å². The van der Waals surface area contributed by atoms with Crippen molar-refractivity contribution in [2.24, 2.45) is 11.7 Å². The van der Waals surface area contributed by atoms with E-state index in [1.54, 1.807) is 0 Å². The molecule has 2 unspecified atom stereocenters. The summed E-state index contributed by atoms with van der Waals surface area (Å²) in [6, 6.07) is -0.103. The average molecular weight is 294 g/mol. The van der Waals surface area contributed by atoms with Crippen LogP contribution in [-0.2, 0) is 11.3 Å². The van der Waals surface area contributed by atoms with Gasteiger partial charge < -0.3 is 15.1 Å². The number of nitrogens with two attached hydrogens (primary N) is 1. The Kier molecular flexibility index (Phi) is 5.00. The highest BCUT2D eigenvalue weighted by atomic mass is 16.4. The van der Waals surface area contributed by atoms with E-state index in [0.717, 1.165) is 43.5 Å². The van der Waals surface area contributed by atoms with Crippen LogP contribution in [0.3, 0.4) is 0 Å². The van der Waals surface area contributed by atoms with E-state index in [9.17, 15) is 4.79 Å². The Hall–Kier alpha value is -1.40. The zero-order chi connectivity index (χ0) is 15.6. The van der Waals surface area contributed by atoms with Gasteiger partial charge in [-0.1, -0.05) is 6.92 Å². The van der Waals surface area contributed by atoms with Crippen LogP contribution in [0.25, 0.3) is 0 Å². The van der Waals surface area contributed by atoms with E-state index >= 15 is 0 Å². The summed E-state index contributed by atoms with van der Waals surface area (Å²) in [7, 11) is 0. The maximum atomic E-state index is 12.2. The van der Waals surface area contributed by atoms with Crippen LogP contribution in [0, 0.1) is 19.8 Å². The molecule has 1 fully saturated rings. The molecule has 2 rings (SSSR count). The van der Waals surface area contributed by atoms with Gasteiger partial charge in [-0.15, -0.1) is 0 Å². The molecule has 6 heteroatoms. The normalized spacial score (nSPS) is 19.6. The van der Waals surface area contributed by atoms with Gasteiger partial charge >= 0.3 is 0 Å². The number of amides is 1. The van der Waals surface area contributed by atoms with Crippen molar-refractivity contribution in [2.75, 3.05) is 26.2 Å². The van der Waals surface area contributed by atoms with Gasteiger partial charge in [0.05, 0.1) is 18.2 Å². The van der Waals surface area contributed by atoms with Crippen LogP contribution in [0.15, 0.2) is 4.42 Å². The molecule has 2 atom stereocenters. The maximum Gasteiger partial charge on any atom is 0.227 e. The van der Waals surface area contributed by atoms with E-state index in [0.29, 0.717) is 6.54 Å². The predicted molar refractivity (Wildman–Crippen MR) is 80.6 cm³/mol. The minimum Gasteiger partial charge on any atom is -0.444 e. The Morgan fingerprint density at radius 1 is 1.29 bits per heavy atom. The van der Waals surface area contributed by atoms with Crippen LogP contribution in [0.1, 0.15) is 31.2 Å². The van der Waals surface area contributed by atoms with Crippen molar-refractivity contribution in [2.45, 2.75) is 40.3 Å². The number of rotatable bonds is 4. The number of nitrogens with zero attached hydrogens (tertiary/aromatic N) is 3. The largest absolute Gasteiger partial charge is 0.444 e. The van der Waals surface area contributed by atoms with Crippen molar-refractivity contribution in [1.29, 1.82) is 0 Å².